The third-order valence-electron chi connectivity index (χ3n) is 3.65. The first-order chi connectivity index (χ1) is 9.38. The van der Waals surface area contributed by atoms with E-state index < -0.39 is 0 Å². The van der Waals surface area contributed by atoms with Gasteiger partial charge < -0.3 is 18.9 Å². The lowest BCUT2D eigenvalue weighted by atomic mass is 10.1. The molecule has 0 amide bonds. The number of hydrogen-bond acceptors (Lipinski definition) is 4. The van der Waals surface area contributed by atoms with E-state index in [2.05, 4.69) is 6.92 Å². The maximum Gasteiger partial charge on any atom is 0.104 e. The van der Waals surface area contributed by atoms with Crippen molar-refractivity contribution in [2.45, 2.75) is 63.8 Å². The van der Waals surface area contributed by atoms with Gasteiger partial charge in [0, 0.05) is 6.61 Å². The van der Waals surface area contributed by atoms with Gasteiger partial charge in [0.15, 0.2) is 0 Å². The molecule has 0 radical (unpaired) electrons. The van der Waals surface area contributed by atoms with Crippen molar-refractivity contribution in [3.05, 3.63) is 0 Å². The largest absolute Gasteiger partial charge is 0.379 e. The number of unbranched alkanes of at least 4 members (excludes halogenated alkanes) is 3. The molecule has 112 valence electrons. The van der Waals surface area contributed by atoms with Crippen molar-refractivity contribution in [3.8, 4) is 0 Å². The summed E-state index contributed by atoms with van der Waals surface area (Å²) in [6.45, 7) is 6.44. The molecule has 0 aromatic heterocycles. The quantitative estimate of drug-likeness (QED) is 0.382. The fourth-order valence-corrected chi connectivity index (χ4v) is 2.12. The van der Waals surface area contributed by atoms with Crippen molar-refractivity contribution in [1.82, 2.24) is 0 Å². The lowest BCUT2D eigenvalue weighted by Crippen LogP contribution is -2.15. The Balaban J connectivity index is 1.32. The molecule has 0 bridgehead atoms. The first kappa shape index (κ1) is 15.2. The molecule has 4 nitrogen and oxygen atoms in total. The monoisotopic (exact) mass is 272 g/mol. The van der Waals surface area contributed by atoms with Gasteiger partial charge in [-0.15, -0.1) is 0 Å². The topological polar surface area (TPSA) is 43.5 Å². The molecule has 0 aromatic carbocycles. The zero-order chi connectivity index (χ0) is 13.3. The molecule has 0 aliphatic carbocycles. The van der Waals surface area contributed by atoms with Crippen LogP contribution in [0.15, 0.2) is 0 Å². The zero-order valence-electron chi connectivity index (χ0n) is 12.1. The van der Waals surface area contributed by atoms with Gasteiger partial charge in [-0.3, -0.25) is 0 Å². The average Bonchev–Trinajstić information content (AvgIpc) is 3.29. The Hall–Kier alpha value is -0.160. The molecule has 4 heteroatoms. The predicted octanol–water partition coefficient (Wildman–Crippen LogP) is 2.55. The Morgan fingerprint density at radius 3 is 2.37 bits per heavy atom. The van der Waals surface area contributed by atoms with Crippen LogP contribution in [0.3, 0.4) is 0 Å². The van der Waals surface area contributed by atoms with Crippen LogP contribution in [0.5, 0.6) is 0 Å². The fraction of sp³-hybridized carbons (Fsp3) is 1.00. The highest BCUT2D eigenvalue weighted by Gasteiger charge is 2.23. The van der Waals surface area contributed by atoms with Crippen LogP contribution in [0.25, 0.3) is 0 Å². The Morgan fingerprint density at radius 1 is 1.00 bits per heavy atom. The molecular formula is C15H28O4. The van der Waals surface area contributed by atoms with Crippen molar-refractivity contribution in [2.75, 3.05) is 33.0 Å². The lowest BCUT2D eigenvalue weighted by molar-refractivity contribution is 0.0333. The Morgan fingerprint density at radius 2 is 1.68 bits per heavy atom. The van der Waals surface area contributed by atoms with Gasteiger partial charge in [0.2, 0.25) is 0 Å². The Bertz CT molecular complexity index is 226. The Labute approximate surface area is 116 Å². The zero-order valence-corrected chi connectivity index (χ0v) is 12.1. The van der Waals surface area contributed by atoms with Crippen LogP contribution in [0.4, 0.5) is 0 Å². The molecule has 0 saturated carbocycles. The number of epoxide rings is 2. The van der Waals surface area contributed by atoms with E-state index in [0.717, 1.165) is 39.5 Å². The number of rotatable bonds is 13. The predicted molar refractivity (Wildman–Crippen MR) is 73.4 cm³/mol. The molecule has 2 heterocycles. The molecule has 0 spiro atoms. The molecular weight excluding hydrogens is 244 g/mol. The molecule has 0 aromatic rings. The third kappa shape index (κ3) is 7.88. The van der Waals surface area contributed by atoms with E-state index in [4.69, 9.17) is 18.9 Å². The molecule has 19 heavy (non-hydrogen) atoms. The summed E-state index contributed by atoms with van der Waals surface area (Å²) in [6.07, 6.45) is 8.47. The van der Waals surface area contributed by atoms with Crippen molar-refractivity contribution >= 4 is 0 Å². The van der Waals surface area contributed by atoms with E-state index in [1.807, 2.05) is 0 Å². The normalized spacial score (nSPS) is 26.4. The molecule has 3 atom stereocenters. The first-order valence-electron chi connectivity index (χ1n) is 7.81. The Kier molecular flexibility index (Phi) is 7.14. The summed E-state index contributed by atoms with van der Waals surface area (Å²) in [5.41, 5.74) is 0. The van der Waals surface area contributed by atoms with Crippen molar-refractivity contribution in [3.63, 3.8) is 0 Å². The van der Waals surface area contributed by atoms with E-state index in [-0.39, 0.29) is 0 Å². The fourth-order valence-electron chi connectivity index (χ4n) is 2.12. The third-order valence-corrected chi connectivity index (χ3v) is 3.65. The SMILES string of the molecule is CCC(CCCCCCOCC1CO1)OCC1CO1. The van der Waals surface area contributed by atoms with Crippen molar-refractivity contribution in [1.29, 1.82) is 0 Å². The van der Waals surface area contributed by atoms with Gasteiger partial charge in [0.25, 0.3) is 0 Å². The highest BCUT2D eigenvalue weighted by atomic mass is 16.6. The number of hydrogen-bond donors (Lipinski definition) is 0. The molecule has 2 fully saturated rings. The molecule has 2 rings (SSSR count). The van der Waals surface area contributed by atoms with Gasteiger partial charge in [-0.25, -0.2) is 0 Å². The maximum atomic E-state index is 5.83. The molecule has 0 N–H and O–H groups in total. The number of ether oxygens (including phenoxy) is 4. The van der Waals surface area contributed by atoms with E-state index in [0.29, 0.717) is 18.3 Å². The second-order valence-electron chi connectivity index (χ2n) is 5.55. The van der Waals surface area contributed by atoms with Crippen LogP contribution in [-0.2, 0) is 18.9 Å². The summed E-state index contributed by atoms with van der Waals surface area (Å²) in [5.74, 6) is 0. The minimum absolute atomic E-state index is 0.390. The summed E-state index contributed by atoms with van der Waals surface area (Å²) in [4.78, 5) is 0. The van der Waals surface area contributed by atoms with Gasteiger partial charge in [0.1, 0.15) is 12.2 Å². The van der Waals surface area contributed by atoms with E-state index in [1.54, 1.807) is 0 Å². The summed E-state index contributed by atoms with van der Waals surface area (Å²) in [6, 6.07) is 0. The highest BCUT2D eigenvalue weighted by Crippen LogP contribution is 2.15. The van der Waals surface area contributed by atoms with Gasteiger partial charge in [0.05, 0.1) is 32.5 Å². The summed E-state index contributed by atoms with van der Waals surface area (Å²) in [7, 11) is 0. The molecule has 2 aliphatic rings. The second-order valence-corrected chi connectivity index (χ2v) is 5.55. The molecule has 2 aliphatic heterocycles. The highest BCUT2D eigenvalue weighted by molar-refractivity contribution is 4.69. The second kappa shape index (κ2) is 8.90. The van der Waals surface area contributed by atoms with Gasteiger partial charge in [-0.1, -0.05) is 26.2 Å². The van der Waals surface area contributed by atoms with E-state index in [1.165, 1.54) is 32.1 Å². The lowest BCUT2D eigenvalue weighted by Gasteiger charge is -2.15. The smallest absolute Gasteiger partial charge is 0.104 e. The molecule has 3 unspecified atom stereocenters. The van der Waals surface area contributed by atoms with E-state index in [9.17, 15) is 0 Å². The van der Waals surface area contributed by atoms with Crippen LogP contribution in [0.1, 0.15) is 45.4 Å². The maximum absolute atomic E-state index is 5.83. The van der Waals surface area contributed by atoms with Crippen molar-refractivity contribution < 1.29 is 18.9 Å². The van der Waals surface area contributed by atoms with Gasteiger partial charge >= 0.3 is 0 Å². The van der Waals surface area contributed by atoms with Crippen molar-refractivity contribution in [2.24, 2.45) is 0 Å². The van der Waals surface area contributed by atoms with Gasteiger partial charge in [-0.2, -0.15) is 0 Å². The van der Waals surface area contributed by atoms with Crippen LogP contribution in [0, 0.1) is 0 Å². The first-order valence-corrected chi connectivity index (χ1v) is 7.81. The summed E-state index contributed by atoms with van der Waals surface area (Å²) >= 11 is 0. The van der Waals surface area contributed by atoms with E-state index >= 15 is 0 Å². The average molecular weight is 272 g/mol. The summed E-state index contributed by atoms with van der Waals surface area (Å²) in [5, 5.41) is 0. The minimum atomic E-state index is 0.390. The summed E-state index contributed by atoms with van der Waals surface area (Å²) < 4.78 is 21.6. The standard InChI is InChI=1S/C15H28O4/c1-2-13(17-11-15-12-19-15)7-5-3-4-6-8-16-9-14-10-18-14/h13-15H,2-12H2,1H3. The van der Waals surface area contributed by atoms with Gasteiger partial charge in [-0.05, 0) is 19.3 Å². The molecule has 2 saturated heterocycles. The van der Waals surface area contributed by atoms with Crippen LogP contribution < -0.4 is 0 Å². The van der Waals surface area contributed by atoms with Crippen LogP contribution in [-0.4, -0.2) is 51.3 Å². The minimum Gasteiger partial charge on any atom is -0.379 e. The van der Waals surface area contributed by atoms with Crippen LogP contribution >= 0.6 is 0 Å². The van der Waals surface area contributed by atoms with Crippen LogP contribution in [0.2, 0.25) is 0 Å².